The number of nitrogens with zero attached hydrogens (tertiary/aromatic N) is 1. The molecule has 1 atom stereocenters. The van der Waals surface area contributed by atoms with Gasteiger partial charge in [-0.25, -0.2) is 0 Å². The van der Waals surface area contributed by atoms with Gasteiger partial charge in [0.2, 0.25) is 0 Å². The zero-order valence-corrected chi connectivity index (χ0v) is 17.5. The number of methoxy groups -OCH3 is 1. The van der Waals surface area contributed by atoms with Gasteiger partial charge in [-0.2, -0.15) is 0 Å². The molecular formula is C26H22N2O4. The number of hydrogen-bond donors (Lipinski definition) is 1. The molecule has 1 N–H and O–H groups in total. The molecule has 4 aromatic rings. The fraction of sp³-hybridized carbons (Fsp3) is 0.115. The summed E-state index contributed by atoms with van der Waals surface area (Å²) < 4.78 is 5.17. The maximum atomic E-state index is 13.1. The molecule has 160 valence electrons. The average Bonchev–Trinajstić information content (AvgIpc) is 2.83. The van der Waals surface area contributed by atoms with Crippen LogP contribution in [0.25, 0.3) is 10.8 Å². The molecule has 0 saturated carbocycles. The van der Waals surface area contributed by atoms with Crippen molar-refractivity contribution in [1.82, 2.24) is 0 Å². The van der Waals surface area contributed by atoms with E-state index in [0.29, 0.717) is 17.0 Å². The van der Waals surface area contributed by atoms with Crippen molar-refractivity contribution in [3.8, 4) is 5.75 Å². The van der Waals surface area contributed by atoms with Crippen LogP contribution in [-0.2, 0) is 0 Å². The molecule has 0 amide bonds. The van der Waals surface area contributed by atoms with Gasteiger partial charge in [0.25, 0.3) is 5.69 Å². The van der Waals surface area contributed by atoms with Crippen LogP contribution in [0.5, 0.6) is 5.75 Å². The van der Waals surface area contributed by atoms with Gasteiger partial charge in [-0.05, 0) is 58.8 Å². The molecule has 0 bridgehead atoms. The number of benzene rings is 4. The van der Waals surface area contributed by atoms with Crippen molar-refractivity contribution in [1.29, 1.82) is 0 Å². The van der Waals surface area contributed by atoms with Crippen molar-refractivity contribution in [2.75, 3.05) is 12.4 Å². The summed E-state index contributed by atoms with van der Waals surface area (Å²) in [5, 5.41) is 16.5. The minimum atomic E-state index is -0.433. The predicted molar refractivity (Wildman–Crippen MR) is 125 cm³/mol. The third kappa shape index (κ3) is 4.75. The molecule has 6 nitrogen and oxygen atoms in total. The summed E-state index contributed by atoms with van der Waals surface area (Å²) in [7, 11) is 1.58. The lowest BCUT2D eigenvalue weighted by molar-refractivity contribution is -0.384. The van der Waals surface area contributed by atoms with E-state index in [-0.39, 0.29) is 23.9 Å². The summed E-state index contributed by atoms with van der Waals surface area (Å²) in [6, 6.07) is 27.1. The van der Waals surface area contributed by atoms with Gasteiger partial charge in [-0.1, -0.05) is 36.4 Å². The standard InChI is InChI=1S/C26H22N2O4/c1-32-24-14-8-19(9-15-24)26(29)17-25(27-22-10-12-23(13-11-22)28(30)31)21-7-6-18-4-2-3-5-20(18)16-21/h2-16,25,27H,17H2,1H3. The fourth-order valence-electron chi connectivity index (χ4n) is 3.64. The molecule has 0 aliphatic carbocycles. The van der Waals surface area contributed by atoms with Crippen LogP contribution in [0.15, 0.2) is 91.0 Å². The minimum Gasteiger partial charge on any atom is -0.497 e. The van der Waals surface area contributed by atoms with E-state index in [1.54, 1.807) is 43.5 Å². The molecule has 0 radical (unpaired) electrons. The molecular weight excluding hydrogens is 404 g/mol. The molecule has 0 aliphatic heterocycles. The highest BCUT2D eigenvalue weighted by molar-refractivity contribution is 5.97. The van der Waals surface area contributed by atoms with Gasteiger partial charge >= 0.3 is 0 Å². The second kappa shape index (κ2) is 9.31. The molecule has 4 rings (SSSR count). The van der Waals surface area contributed by atoms with Crippen LogP contribution in [0, 0.1) is 10.1 Å². The largest absolute Gasteiger partial charge is 0.497 e. The molecule has 0 heterocycles. The Balaban J connectivity index is 1.64. The number of carbonyl (C=O) groups is 1. The van der Waals surface area contributed by atoms with Gasteiger partial charge in [-0.15, -0.1) is 0 Å². The molecule has 1 unspecified atom stereocenters. The SMILES string of the molecule is COc1ccc(C(=O)CC(Nc2ccc([N+](=O)[O-])cc2)c2ccc3ccccc3c2)cc1. The van der Waals surface area contributed by atoms with E-state index in [4.69, 9.17) is 4.74 Å². The molecule has 0 fully saturated rings. The maximum Gasteiger partial charge on any atom is 0.269 e. The van der Waals surface area contributed by atoms with E-state index in [9.17, 15) is 14.9 Å². The Morgan fingerprint density at radius 1 is 0.938 bits per heavy atom. The molecule has 0 spiro atoms. The topological polar surface area (TPSA) is 81.5 Å². The lowest BCUT2D eigenvalue weighted by atomic mass is 9.95. The third-order valence-corrected chi connectivity index (χ3v) is 5.40. The van der Waals surface area contributed by atoms with E-state index < -0.39 is 4.92 Å². The van der Waals surface area contributed by atoms with Crippen molar-refractivity contribution in [2.45, 2.75) is 12.5 Å². The van der Waals surface area contributed by atoms with Crippen molar-refractivity contribution in [3.05, 3.63) is 112 Å². The molecule has 6 heteroatoms. The summed E-state index contributed by atoms with van der Waals surface area (Å²) in [6.07, 6.45) is 0.224. The van der Waals surface area contributed by atoms with Gasteiger partial charge in [0.15, 0.2) is 5.78 Å². The number of nitro groups is 1. The van der Waals surface area contributed by atoms with Crippen LogP contribution in [0.2, 0.25) is 0 Å². The summed E-state index contributed by atoms with van der Waals surface area (Å²) in [5.74, 6) is 0.678. The predicted octanol–water partition coefficient (Wildman–Crippen LogP) is 6.18. The summed E-state index contributed by atoms with van der Waals surface area (Å²) in [5.41, 5.74) is 2.29. The maximum absolute atomic E-state index is 13.1. The van der Waals surface area contributed by atoms with E-state index in [1.165, 1.54) is 12.1 Å². The number of ketones is 1. The van der Waals surface area contributed by atoms with Gasteiger partial charge in [0.05, 0.1) is 18.1 Å². The van der Waals surface area contributed by atoms with Gasteiger partial charge in [0, 0.05) is 29.8 Å². The second-order valence-corrected chi connectivity index (χ2v) is 7.46. The first-order valence-electron chi connectivity index (χ1n) is 10.2. The van der Waals surface area contributed by atoms with Crippen LogP contribution in [0.4, 0.5) is 11.4 Å². The van der Waals surface area contributed by atoms with E-state index >= 15 is 0 Å². The number of Topliss-reactive ketones (excluding diaryl/α,β-unsaturated/α-hetero) is 1. The summed E-state index contributed by atoms with van der Waals surface area (Å²) >= 11 is 0. The molecule has 4 aromatic carbocycles. The lowest BCUT2D eigenvalue weighted by Gasteiger charge is -2.21. The molecule has 0 aromatic heterocycles. The number of nitrogens with one attached hydrogen (secondary N) is 1. The first kappa shape index (κ1) is 21.1. The zero-order valence-electron chi connectivity index (χ0n) is 17.5. The minimum absolute atomic E-state index is 0.0137. The Morgan fingerprint density at radius 2 is 1.62 bits per heavy atom. The first-order valence-corrected chi connectivity index (χ1v) is 10.2. The number of hydrogen-bond acceptors (Lipinski definition) is 5. The highest BCUT2D eigenvalue weighted by atomic mass is 16.6. The van der Waals surface area contributed by atoms with Crippen molar-refractivity contribution < 1.29 is 14.5 Å². The number of nitro benzene ring substituents is 1. The monoisotopic (exact) mass is 426 g/mol. The van der Waals surface area contributed by atoms with E-state index in [0.717, 1.165) is 16.3 Å². The third-order valence-electron chi connectivity index (χ3n) is 5.40. The van der Waals surface area contributed by atoms with Crippen LogP contribution in [-0.4, -0.2) is 17.8 Å². The highest BCUT2D eigenvalue weighted by Gasteiger charge is 2.18. The van der Waals surface area contributed by atoms with Crippen LogP contribution >= 0.6 is 0 Å². The van der Waals surface area contributed by atoms with E-state index in [1.807, 2.05) is 36.4 Å². The van der Waals surface area contributed by atoms with Crippen LogP contribution < -0.4 is 10.1 Å². The van der Waals surface area contributed by atoms with E-state index in [2.05, 4.69) is 11.4 Å². The normalized spacial score (nSPS) is 11.7. The van der Waals surface area contributed by atoms with Crippen LogP contribution in [0.1, 0.15) is 28.4 Å². The summed E-state index contributed by atoms with van der Waals surface area (Å²) in [4.78, 5) is 23.6. The summed E-state index contributed by atoms with van der Waals surface area (Å²) in [6.45, 7) is 0. The van der Waals surface area contributed by atoms with Crippen molar-refractivity contribution in [2.24, 2.45) is 0 Å². The second-order valence-electron chi connectivity index (χ2n) is 7.46. The number of carbonyl (C=O) groups excluding carboxylic acids is 1. The first-order chi connectivity index (χ1) is 15.5. The number of fused-ring (bicyclic) bond motifs is 1. The van der Waals surface area contributed by atoms with Crippen molar-refractivity contribution in [3.63, 3.8) is 0 Å². The number of ether oxygens (including phenoxy) is 1. The molecule has 0 saturated heterocycles. The fourth-order valence-corrected chi connectivity index (χ4v) is 3.64. The zero-order chi connectivity index (χ0) is 22.5. The van der Waals surface area contributed by atoms with Gasteiger partial charge in [0.1, 0.15) is 5.75 Å². The van der Waals surface area contributed by atoms with Gasteiger partial charge < -0.3 is 10.1 Å². The lowest BCUT2D eigenvalue weighted by Crippen LogP contribution is -2.16. The highest BCUT2D eigenvalue weighted by Crippen LogP contribution is 2.28. The van der Waals surface area contributed by atoms with Crippen LogP contribution in [0.3, 0.4) is 0 Å². The quantitative estimate of drug-likeness (QED) is 0.207. The van der Waals surface area contributed by atoms with Crippen molar-refractivity contribution >= 4 is 27.9 Å². The Hall–Kier alpha value is -4.19. The molecule has 0 aliphatic rings. The smallest absolute Gasteiger partial charge is 0.269 e. The molecule has 32 heavy (non-hydrogen) atoms. The average molecular weight is 426 g/mol. The number of non-ortho nitro benzene ring substituents is 1. The number of anilines is 1. The van der Waals surface area contributed by atoms with Gasteiger partial charge in [-0.3, -0.25) is 14.9 Å². The Bertz CT molecular complexity index is 1250. The Morgan fingerprint density at radius 3 is 2.28 bits per heavy atom. The Labute approximate surface area is 185 Å². The Kier molecular flexibility index (Phi) is 6.12. The number of rotatable bonds is 8.